The molecule has 0 radical (unpaired) electrons. The van der Waals surface area contributed by atoms with Gasteiger partial charge in [0.1, 0.15) is 0 Å². The Morgan fingerprint density at radius 1 is 1.36 bits per heavy atom. The van der Waals surface area contributed by atoms with Crippen LogP contribution in [0.5, 0.6) is 0 Å². The number of H-pyrrole nitrogens is 1. The molecule has 2 nitrogen and oxygen atoms in total. The molecule has 0 fully saturated rings. The summed E-state index contributed by atoms with van der Waals surface area (Å²) in [6.45, 7) is 8.00. The smallest absolute Gasteiger partial charge is 0.0487 e. The fraction of sp³-hybridized carbons (Fsp3) is 0.545. The van der Waals surface area contributed by atoms with E-state index in [1.54, 1.807) is 12.4 Å². The molecule has 0 aliphatic carbocycles. The van der Waals surface area contributed by atoms with Crippen LogP contribution in [0.15, 0.2) is 18.5 Å². The maximum absolute atomic E-state index is 3.60. The van der Waals surface area contributed by atoms with Crippen molar-refractivity contribution in [3.8, 4) is 11.8 Å². The third-order valence-electron chi connectivity index (χ3n) is 0.958. The van der Waals surface area contributed by atoms with Gasteiger partial charge in [-0.25, -0.2) is 0 Å². The summed E-state index contributed by atoms with van der Waals surface area (Å²) in [5.41, 5.74) is 0. The van der Waals surface area contributed by atoms with Gasteiger partial charge in [-0.05, 0) is 19.4 Å². The van der Waals surface area contributed by atoms with Crippen LogP contribution in [-0.4, -0.2) is 10.2 Å². The Labute approximate surface area is 102 Å². The van der Waals surface area contributed by atoms with E-state index >= 15 is 0 Å². The van der Waals surface area contributed by atoms with Crippen LogP contribution in [0.1, 0.15) is 40.5 Å². The summed E-state index contributed by atoms with van der Waals surface area (Å²) < 4.78 is 0. The van der Waals surface area contributed by atoms with Crippen molar-refractivity contribution in [3.63, 3.8) is 0 Å². The fourth-order valence-electron chi connectivity index (χ4n) is 0.465. The number of rotatable bonds is 1. The molecule has 0 saturated heterocycles. The predicted octanol–water partition coefficient (Wildman–Crippen LogP) is 3.24. The second kappa shape index (κ2) is 22.9. The molecule has 0 amide bonds. The molecule has 1 rings (SSSR count). The SMILES string of the molecule is CC.CC#CCCC.[W].c1cn[nH]c1. The van der Waals surface area contributed by atoms with Crippen LogP contribution >= 0.6 is 0 Å². The largest absolute Gasteiger partial charge is 0.286 e. The van der Waals surface area contributed by atoms with Crippen molar-refractivity contribution in [1.29, 1.82) is 0 Å². The summed E-state index contributed by atoms with van der Waals surface area (Å²) in [7, 11) is 0. The van der Waals surface area contributed by atoms with Gasteiger partial charge >= 0.3 is 0 Å². The normalized spacial score (nSPS) is 6.00. The van der Waals surface area contributed by atoms with E-state index in [0.29, 0.717) is 0 Å². The Hall–Kier alpha value is -0.542. The van der Waals surface area contributed by atoms with Crippen molar-refractivity contribution in [3.05, 3.63) is 18.5 Å². The van der Waals surface area contributed by atoms with Crippen molar-refractivity contribution in [2.45, 2.75) is 40.5 Å². The van der Waals surface area contributed by atoms with E-state index < -0.39 is 0 Å². The summed E-state index contributed by atoms with van der Waals surface area (Å²) in [4.78, 5) is 0. The molecule has 0 aliphatic heterocycles. The summed E-state index contributed by atoms with van der Waals surface area (Å²) in [5, 5.41) is 6.21. The molecule has 1 aromatic heterocycles. The number of aromatic amines is 1. The van der Waals surface area contributed by atoms with Crippen LogP contribution < -0.4 is 0 Å². The van der Waals surface area contributed by atoms with E-state index in [9.17, 15) is 0 Å². The molecule has 0 saturated carbocycles. The van der Waals surface area contributed by atoms with Gasteiger partial charge in [0.25, 0.3) is 0 Å². The molecule has 0 aromatic carbocycles. The predicted molar refractivity (Wildman–Crippen MR) is 58.3 cm³/mol. The van der Waals surface area contributed by atoms with E-state index in [4.69, 9.17) is 0 Å². The second-order valence-electron chi connectivity index (χ2n) is 1.94. The molecule has 0 bridgehead atoms. The van der Waals surface area contributed by atoms with Crippen LogP contribution in [0.2, 0.25) is 0 Å². The second-order valence-corrected chi connectivity index (χ2v) is 1.94. The van der Waals surface area contributed by atoms with Crippen molar-refractivity contribution in [1.82, 2.24) is 10.2 Å². The van der Waals surface area contributed by atoms with E-state index in [2.05, 4.69) is 29.0 Å². The van der Waals surface area contributed by atoms with Crippen LogP contribution in [0, 0.1) is 11.8 Å². The number of aromatic nitrogens is 2. The fourth-order valence-corrected chi connectivity index (χ4v) is 0.465. The maximum atomic E-state index is 3.60. The monoisotopic (exact) mass is 364 g/mol. The van der Waals surface area contributed by atoms with Crippen molar-refractivity contribution in [2.24, 2.45) is 0 Å². The molecule has 80 valence electrons. The van der Waals surface area contributed by atoms with Gasteiger partial charge in [-0.2, -0.15) is 5.10 Å². The minimum Gasteiger partial charge on any atom is -0.286 e. The first-order chi connectivity index (χ1) is 6.41. The van der Waals surface area contributed by atoms with Gasteiger partial charge in [0, 0.05) is 39.9 Å². The Morgan fingerprint density at radius 2 is 2.00 bits per heavy atom. The zero-order chi connectivity index (χ0) is 10.4. The molecule has 1 N–H and O–H groups in total. The molecule has 1 heterocycles. The molecule has 14 heavy (non-hydrogen) atoms. The molecule has 1 aromatic rings. The number of unbranched alkanes of at least 4 members (excludes halogenated alkanes) is 1. The first-order valence-corrected chi connectivity index (χ1v) is 4.75. The van der Waals surface area contributed by atoms with Crippen LogP contribution in [-0.2, 0) is 21.1 Å². The van der Waals surface area contributed by atoms with E-state index in [1.807, 2.05) is 26.8 Å². The number of hydrogen-bond acceptors (Lipinski definition) is 1. The van der Waals surface area contributed by atoms with Crippen LogP contribution in [0.3, 0.4) is 0 Å². The van der Waals surface area contributed by atoms with Gasteiger partial charge in [-0.3, -0.25) is 5.10 Å². The average Bonchev–Trinajstić information content (AvgIpc) is 2.76. The third-order valence-corrected chi connectivity index (χ3v) is 0.958. The Kier molecular flexibility index (Phi) is 31.2. The summed E-state index contributed by atoms with van der Waals surface area (Å²) in [5.74, 6) is 5.77. The molecule has 0 aliphatic rings. The maximum Gasteiger partial charge on any atom is 0.0487 e. The van der Waals surface area contributed by atoms with Gasteiger partial charge in [0.2, 0.25) is 0 Å². The van der Waals surface area contributed by atoms with Crippen molar-refractivity contribution >= 4 is 0 Å². The van der Waals surface area contributed by atoms with Gasteiger partial charge in [-0.1, -0.05) is 20.8 Å². The van der Waals surface area contributed by atoms with E-state index in [1.165, 1.54) is 6.42 Å². The summed E-state index contributed by atoms with van der Waals surface area (Å²) >= 11 is 0. The van der Waals surface area contributed by atoms with Gasteiger partial charge in [0.05, 0.1) is 0 Å². The molecular weight excluding hydrogens is 344 g/mol. The topological polar surface area (TPSA) is 28.7 Å². The Bertz CT molecular complexity index is 180. The third kappa shape index (κ3) is 22.5. The first-order valence-electron chi connectivity index (χ1n) is 4.75. The summed E-state index contributed by atoms with van der Waals surface area (Å²) in [6, 6.07) is 1.83. The minimum atomic E-state index is 0. The zero-order valence-corrected chi connectivity index (χ0v) is 12.4. The summed E-state index contributed by atoms with van der Waals surface area (Å²) in [6.07, 6.45) is 5.69. The average molecular weight is 364 g/mol. The molecule has 0 spiro atoms. The first kappa shape index (κ1) is 19.1. The standard InChI is InChI=1S/C6H10.C3H4N2.C2H6.W/c1-3-5-6-4-2;1-2-4-5-3-1;1-2;/h3,5H2,1-2H3;1-3H,(H,4,5);1-2H3;. The van der Waals surface area contributed by atoms with Gasteiger partial charge < -0.3 is 0 Å². The van der Waals surface area contributed by atoms with E-state index in [-0.39, 0.29) is 21.1 Å². The van der Waals surface area contributed by atoms with Crippen LogP contribution in [0.25, 0.3) is 0 Å². The zero-order valence-electron chi connectivity index (χ0n) is 9.50. The van der Waals surface area contributed by atoms with Crippen molar-refractivity contribution < 1.29 is 21.1 Å². The Morgan fingerprint density at radius 3 is 2.14 bits per heavy atom. The Balaban J connectivity index is -0.000000139. The number of nitrogens with one attached hydrogen (secondary N) is 1. The van der Waals surface area contributed by atoms with Gasteiger partial charge in [-0.15, -0.1) is 11.8 Å². The molecule has 0 atom stereocenters. The van der Waals surface area contributed by atoms with Gasteiger partial charge in [0.15, 0.2) is 0 Å². The number of hydrogen-bond donors (Lipinski definition) is 1. The quantitative estimate of drug-likeness (QED) is 0.762. The number of nitrogens with zero attached hydrogens (tertiary/aromatic N) is 1. The van der Waals surface area contributed by atoms with Crippen molar-refractivity contribution in [2.75, 3.05) is 0 Å². The minimum absolute atomic E-state index is 0. The molecular formula is C11H20N2W. The van der Waals surface area contributed by atoms with E-state index in [0.717, 1.165) is 6.42 Å². The molecule has 3 heteroatoms. The molecule has 0 unspecified atom stereocenters. The van der Waals surface area contributed by atoms with Crippen LogP contribution in [0.4, 0.5) is 0 Å².